The van der Waals surface area contributed by atoms with E-state index >= 15 is 0 Å². The lowest BCUT2D eigenvalue weighted by atomic mass is 9.92. The van der Waals surface area contributed by atoms with E-state index in [0.29, 0.717) is 18.0 Å². The van der Waals surface area contributed by atoms with Gasteiger partial charge in [-0.25, -0.2) is 9.97 Å². The van der Waals surface area contributed by atoms with Gasteiger partial charge in [-0.05, 0) is 37.7 Å². The summed E-state index contributed by atoms with van der Waals surface area (Å²) < 4.78 is 0. The molecule has 0 unspecified atom stereocenters. The van der Waals surface area contributed by atoms with Crippen LogP contribution in [-0.4, -0.2) is 22.1 Å². The van der Waals surface area contributed by atoms with Gasteiger partial charge in [0.05, 0.1) is 5.39 Å². The Labute approximate surface area is 123 Å². The Kier molecular flexibility index (Phi) is 3.89. The van der Waals surface area contributed by atoms with E-state index in [1.54, 1.807) is 17.7 Å². The topological polar surface area (TPSA) is 63.8 Å². The Morgan fingerprint density at radius 3 is 2.70 bits per heavy atom. The molecule has 0 bridgehead atoms. The largest absolute Gasteiger partial charge is 0.367 e. The lowest BCUT2D eigenvalue weighted by molar-refractivity contribution is 0.410. The molecule has 2 aromatic rings. The molecule has 1 saturated carbocycles. The quantitative estimate of drug-likeness (QED) is 0.908. The van der Waals surface area contributed by atoms with Gasteiger partial charge in [-0.15, -0.1) is 11.3 Å². The zero-order chi connectivity index (χ0) is 14.1. The van der Waals surface area contributed by atoms with E-state index in [-0.39, 0.29) is 0 Å². The Balaban J connectivity index is 1.84. The van der Waals surface area contributed by atoms with Crippen molar-refractivity contribution >= 4 is 27.4 Å². The molecule has 1 aliphatic carbocycles. The second-order valence-electron chi connectivity index (χ2n) is 6.00. The molecule has 4 nitrogen and oxygen atoms in total. The fourth-order valence-corrected chi connectivity index (χ4v) is 3.73. The first-order valence-electron chi connectivity index (χ1n) is 7.40. The lowest BCUT2D eigenvalue weighted by Crippen LogP contribution is -2.33. The smallest absolute Gasteiger partial charge is 0.138 e. The molecule has 20 heavy (non-hydrogen) atoms. The zero-order valence-electron chi connectivity index (χ0n) is 12.1. The van der Waals surface area contributed by atoms with Gasteiger partial charge < -0.3 is 11.1 Å². The average Bonchev–Trinajstić information content (AvgIpc) is 2.87. The number of aromatic nitrogens is 2. The molecule has 0 aliphatic heterocycles. The van der Waals surface area contributed by atoms with Crippen LogP contribution in [0.25, 0.3) is 10.2 Å². The van der Waals surface area contributed by atoms with Gasteiger partial charge in [-0.2, -0.15) is 0 Å². The third kappa shape index (κ3) is 2.79. The molecule has 0 saturated heterocycles. The maximum Gasteiger partial charge on any atom is 0.138 e. The van der Waals surface area contributed by atoms with E-state index in [1.165, 1.54) is 4.88 Å². The van der Waals surface area contributed by atoms with E-state index in [4.69, 9.17) is 5.73 Å². The van der Waals surface area contributed by atoms with Crippen molar-refractivity contribution in [1.82, 2.24) is 9.97 Å². The van der Waals surface area contributed by atoms with Gasteiger partial charge in [0, 0.05) is 17.0 Å². The molecule has 3 rings (SSSR count). The molecule has 2 aromatic heterocycles. The van der Waals surface area contributed by atoms with Crippen molar-refractivity contribution in [2.45, 2.75) is 57.5 Å². The van der Waals surface area contributed by atoms with Crippen molar-refractivity contribution in [3.63, 3.8) is 0 Å². The second kappa shape index (κ2) is 5.66. The first-order chi connectivity index (χ1) is 9.63. The summed E-state index contributed by atoms with van der Waals surface area (Å²) in [5.41, 5.74) is 5.97. The monoisotopic (exact) mass is 290 g/mol. The van der Waals surface area contributed by atoms with Gasteiger partial charge in [0.15, 0.2) is 0 Å². The summed E-state index contributed by atoms with van der Waals surface area (Å²) in [6, 6.07) is 3.11. The van der Waals surface area contributed by atoms with E-state index in [1.807, 2.05) is 0 Å². The molecule has 2 heterocycles. The molecule has 108 valence electrons. The van der Waals surface area contributed by atoms with Gasteiger partial charge in [0.25, 0.3) is 0 Å². The minimum Gasteiger partial charge on any atom is -0.367 e. The maximum atomic E-state index is 5.97. The third-order valence-electron chi connectivity index (χ3n) is 4.03. The SMILES string of the molecule is CC(C)c1cc2c(N[C@H]3CC[C@H](N)CC3)ncnc2s1. The Hall–Kier alpha value is -1.20. The van der Waals surface area contributed by atoms with Crippen molar-refractivity contribution in [3.05, 3.63) is 17.3 Å². The summed E-state index contributed by atoms with van der Waals surface area (Å²) in [6.07, 6.45) is 6.14. The predicted molar refractivity (Wildman–Crippen MR) is 85.4 cm³/mol. The van der Waals surface area contributed by atoms with Crippen LogP contribution in [0.2, 0.25) is 0 Å². The summed E-state index contributed by atoms with van der Waals surface area (Å²) in [7, 11) is 0. The van der Waals surface area contributed by atoms with Gasteiger partial charge >= 0.3 is 0 Å². The van der Waals surface area contributed by atoms with Crippen molar-refractivity contribution in [1.29, 1.82) is 0 Å². The molecular weight excluding hydrogens is 268 g/mol. The molecule has 0 radical (unpaired) electrons. The first kappa shape index (κ1) is 13.8. The number of fused-ring (bicyclic) bond motifs is 1. The van der Waals surface area contributed by atoms with E-state index in [9.17, 15) is 0 Å². The van der Waals surface area contributed by atoms with E-state index in [0.717, 1.165) is 41.7 Å². The number of thiophene rings is 1. The van der Waals surface area contributed by atoms with Crippen LogP contribution in [0.3, 0.4) is 0 Å². The molecule has 5 heteroatoms. The van der Waals surface area contributed by atoms with Crippen LogP contribution < -0.4 is 11.1 Å². The second-order valence-corrected chi connectivity index (χ2v) is 7.06. The molecule has 1 aliphatic rings. The van der Waals surface area contributed by atoms with Crippen LogP contribution >= 0.6 is 11.3 Å². The summed E-state index contributed by atoms with van der Waals surface area (Å²) in [5, 5.41) is 4.76. The molecule has 0 spiro atoms. The number of anilines is 1. The first-order valence-corrected chi connectivity index (χ1v) is 8.21. The van der Waals surface area contributed by atoms with Crippen LogP contribution in [-0.2, 0) is 0 Å². The van der Waals surface area contributed by atoms with Crippen molar-refractivity contribution in [2.75, 3.05) is 5.32 Å². The summed E-state index contributed by atoms with van der Waals surface area (Å²) in [4.78, 5) is 11.3. The highest BCUT2D eigenvalue weighted by Gasteiger charge is 2.20. The van der Waals surface area contributed by atoms with Crippen LogP contribution in [0.5, 0.6) is 0 Å². The number of hydrogen-bond acceptors (Lipinski definition) is 5. The Morgan fingerprint density at radius 2 is 2.00 bits per heavy atom. The fraction of sp³-hybridized carbons (Fsp3) is 0.600. The van der Waals surface area contributed by atoms with Gasteiger partial charge in [0.2, 0.25) is 0 Å². The zero-order valence-corrected chi connectivity index (χ0v) is 12.9. The predicted octanol–water partition coefficient (Wildman–Crippen LogP) is 3.50. The minimum absolute atomic E-state index is 0.382. The number of nitrogens with two attached hydrogens (primary N) is 1. The maximum absolute atomic E-state index is 5.97. The minimum atomic E-state index is 0.382. The summed E-state index contributed by atoms with van der Waals surface area (Å²) >= 11 is 1.77. The molecular formula is C15H22N4S. The van der Waals surface area contributed by atoms with Crippen molar-refractivity contribution in [2.24, 2.45) is 5.73 Å². The van der Waals surface area contributed by atoms with E-state index in [2.05, 4.69) is 35.2 Å². The highest BCUT2D eigenvalue weighted by atomic mass is 32.1. The van der Waals surface area contributed by atoms with Crippen LogP contribution in [0.1, 0.15) is 50.3 Å². The number of nitrogens with zero attached hydrogens (tertiary/aromatic N) is 2. The highest BCUT2D eigenvalue weighted by Crippen LogP contribution is 2.33. The number of nitrogens with one attached hydrogen (secondary N) is 1. The molecule has 1 fully saturated rings. The van der Waals surface area contributed by atoms with Gasteiger partial charge in [0.1, 0.15) is 17.0 Å². The Bertz CT molecular complexity index is 585. The lowest BCUT2D eigenvalue weighted by Gasteiger charge is -2.27. The normalized spacial score (nSPS) is 23.4. The third-order valence-corrected chi connectivity index (χ3v) is 5.37. The van der Waals surface area contributed by atoms with Crippen LogP contribution in [0, 0.1) is 0 Å². The summed E-state index contributed by atoms with van der Waals surface area (Å²) in [5.74, 6) is 1.52. The standard InChI is InChI=1S/C15H22N4S/c1-9(2)13-7-12-14(17-8-18-15(12)20-13)19-11-5-3-10(16)4-6-11/h7-11H,3-6,16H2,1-2H3,(H,17,18,19)/t10-,11-. The molecule has 0 aromatic carbocycles. The van der Waals surface area contributed by atoms with Crippen molar-refractivity contribution in [3.8, 4) is 0 Å². The fourth-order valence-electron chi connectivity index (χ4n) is 2.73. The van der Waals surface area contributed by atoms with Gasteiger partial charge in [-0.1, -0.05) is 13.8 Å². The molecule has 3 N–H and O–H groups in total. The van der Waals surface area contributed by atoms with Gasteiger partial charge in [-0.3, -0.25) is 0 Å². The average molecular weight is 290 g/mol. The van der Waals surface area contributed by atoms with Crippen LogP contribution in [0.4, 0.5) is 5.82 Å². The summed E-state index contributed by atoms with van der Waals surface area (Å²) in [6.45, 7) is 4.43. The number of rotatable bonds is 3. The van der Waals surface area contributed by atoms with Crippen molar-refractivity contribution < 1.29 is 0 Å². The molecule has 0 amide bonds. The molecule has 0 atom stereocenters. The number of hydrogen-bond donors (Lipinski definition) is 2. The van der Waals surface area contributed by atoms with Crippen LogP contribution in [0.15, 0.2) is 12.4 Å². The Morgan fingerprint density at radius 1 is 1.25 bits per heavy atom. The van der Waals surface area contributed by atoms with E-state index < -0.39 is 0 Å². The highest BCUT2D eigenvalue weighted by molar-refractivity contribution is 7.18.